The van der Waals surface area contributed by atoms with Crippen LogP contribution in [-0.4, -0.2) is 41.1 Å². The second-order valence-corrected chi connectivity index (χ2v) is 6.61. The smallest absolute Gasteiger partial charge is 0.326 e. The normalized spacial score (nSPS) is 20.9. The SMILES string of the molecule is O=C(O)[C@@H]1CCCCN1C(=O)c1ccc(F)c(COCC2CC2)c1. The number of benzene rings is 1. The number of nitrogens with zero attached hydrogens (tertiary/aromatic N) is 1. The Hall–Kier alpha value is -1.95. The molecule has 1 saturated carbocycles. The van der Waals surface area contributed by atoms with E-state index in [1.165, 1.54) is 23.1 Å². The van der Waals surface area contributed by atoms with Crippen molar-refractivity contribution in [1.82, 2.24) is 4.90 Å². The van der Waals surface area contributed by atoms with E-state index < -0.39 is 17.8 Å². The van der Waals surface area contributed by atoms with Gasteiger partial charge in [0.25, 0.3) is 5.91 Å². The molecule has 1 aromatic rings. The van der Waals surface area contributed by atoms with Crippen LogP contribution in [0.4, 0.5) is 4.39 Å². The zero-order valence-corrected chi connectivity index (χ0v) is 13.5. The van der Waals surface area contributed by atoms with E-state index in [-0.39, 0.29) is 12.5 Å². The van der Waals surface area contributed by atoms with Crippen LogP contribution in [0, 0.1) is 11.7 Å². The van der Waals surface area contributed by atoms with Crippen molar-refractivity contribution < 1.29 is 23.8 Å². The number of aliphatic carboxylic acids is 1. The van der Waals surface area contributed by atoms with E-state index in [1.54, 1.807) is 0 Å². The van der Waals surface area contributed by atoms with Gasteiger partial charge in [0.2, 0.25) is 0 Å². The summed E-state index contributed by atoms with van der Waals surface area (Å²) in [4.78, 5) is 25.4. The molecule has 0 unspecified atom stereocenters. The zero-order chi connectivity index (χ0) is 17.1. The topological polar surface area (TPSA) is 66.8 Å². The minimum atomic E-state index is -0.988. The molecule has 1 aromatic carbocycles. The first-order valence-corrected chi connectivity index (χ1v) is 8.46. The Labute approximate surface area is 140 Å². The lowest BCUT2D eigenvalue weighted by Crippen LogP contribution is -2.48. The van der Waals surface area contributed by atoms with Crippen LogP contribution in [0.25, 0.3) is 0 Å². The van der Waals surface area contributed by atoms with E-state index in [0.29, 0.717) is 36.6 Å². The van der Waals surface area contributed by atoms with Crippen LogP contribution in [0.2, 0.25) is 0 Å². The number of halogens is 1. The highest BCUT2D eigenvalue weighted by atomic mass is 19.1. The number of piperidine rings is 1. The van der Waals surface area contributed by atoms with Crippen LogP contribution < -0.4 is 0 Å². The average Bonchev–Trinajstić information content (AvgIpc) is 3.40. The quantitative estimate of drug-likeness (QED) is 0.868. The molecule has 0 radical (unpaired) electrons. The van der Waals surface area contributed by atoms with Gasteiger partial charge in [0.1, 0.15) is 11.9 Å². The Morgan fingerprint density at radius 3 is 2.75 bits per heavy atom. The number of likely N-dealkylation sites (tertiary alicyclic amines) is 1. The van der Waals surface area contributed by atoms with Crippen LogP contribution in [-0.2, 0) is 16.1 Å². The maximum atomic E-state index is 13.9. The summed E-state index contributed by atoms with van der Waals surface area (Å²) in [5.41, 5.74) is 0.653. The maximum absolute atomic E-state index is 13.9. The molecule has 5 nitrogen and oxygen atoms in total. The number of carboxylic acids is 1. The van der Waals surface area contributed by atoms with Crippen molar-refractivity contribution in [2.24, 2.45) is 5.92 Å². The third-order valence-corrected chi connectivity index (χ3v) is 4.65. The number of hydrogen-bond donors (Lipinski definition) is 1. The van der Waals surface area contributed by atoms with E-state index in [9.17, 15) is 19.1 Å². The lowest BCUT2D eigenvalue weighted by molar-refractivity contribution is -0.143. The number of carboxylic acid groups (broad SMARTS) is 1. The lowest BCUT2D eigenvalue weighted by atomic mass is 10.0. The minimum absolute atomic E-state index is 0.131. The Balaban J connectivity index is 1.72. The molecule has 0 aromatic heterocycles. The van der Waals surface area contributed by atoms with Crippen molar-refractivity contribution in [2.45, 2.75) is 44.8 Å². The van der Waals surface area contributed by atoms with Gasteiger partial charge in [-0.2, -0.15) is 0 Å². The Bertz CT molecular complexity index is 629. The third-order valence-electron chi connectivity index (χ3n) is 4.65. The molecule has 6 heteroatoms. The van der Waals surface area contributed by atoms with Crippen LogP contribution in [0.15, 0.2) is 18.2 Å². The van der Waals surface area contributed by atoms with Crippen LogP contribution >= 0.6 is 0 Å². The summed E-state index contributed by atoms with van der Waals surface area (Å²) in [5, 5.41) is 9.30. The van der Waals surface area contributed by atoms with Gasteiger partial charge < -0.3 is 14.7 Å². The summed E-state index contributed by atoms with van der Waals surface area (Å²) in [5.74, 6) is -1.16. The van der Waals surface area contributed by atoms with Gasteiger partial charge in [-0.15, -0.1) is 0 Å². The molecule has 3 rings (SSSR count). The molecule has 2 aliphatic rings. The Kier molecular flexibility index (Phi) is 5.14. The van der Waals surface area contributed by atoms with E-state index in [1.807, 2.05) is 0 Å². The molecule has 0 bridgehead atoms. The fourth-order valence-corrected chi connectivity index (χ4v) is 3.04. The van der Waals surface area contributed by atoms with Crippen molar-refractivity contribution in [2.75, 3.05) is 13.2 Å². The van der Waals surface area contributed by atoms with E-state index >= 15 is 0 Å². The van der Waals surface area contributed by atoms with E-state index in [2.05, 4.69) is 0 Å². The van der Waals surface area contributed by atoms with Gasteiger partial charge in [0.05, 0.1) is 6.61 Å². The molecular formula is C18H22FNO4. The standard InChI is InChI=1S/C18H22FNO4/c19-15-7-6-13(9-14(15)11-24-10-12-4-5-12)17(21)20-8-2-1-3-16(20)18(22)23/h6-7,9,12,16H,1-5,8,10-11H2,(H,22,23)/t16-/m0/s1. The summed E-state index contributed by atoms with van der Waals surface area (Å²) in [6.45, 7) is 1.16. The van der Waals surface area contributed by atoms with Gasteiger partial charge in [-0.05, 0) is 56.2 Å². The fraction of sp³-hybridized carbons (Fsp3) is 0.556. The molecule has 24 heavy (non-hydrogen) atoms. The molecule has 1 heterocycles. The summed E-state index contributed by atoms with van der Waals surface area (Å²) in [7, 11) is 0. The second kappa shape index (κ2) is 7.30. The van der Waals surface area contributed by atoms with Gasteiger partial charge >= 0.3 is 5.97 Å². The van der Waals surface area contributed by atoms with Gasteiger partial charge in [-0.25, -0.2) is 9.18 Å². The predicted octanol–water partition coefficient (Wildman–Crippen LogP) is 2.83. The van der Waals surface area contributed by atoms with E-state index in [4.69, 9.17) is 4.74 Å². The van der Waals surface area contributed by atoms with Crippen molar-refractivity contribution in [3.63, 3.8) is 0 Å². The summed E-state index contributed by atoms with van der Waals surface area (Å²) in [6, 6.07) is 3.35. The summed E-state index contributed by atoms with van der Waals surface area (Å²) < 4.78 is 19.4. The highest BCUT2D eigenvalue weighted by Gasteiger charge is 2.32. The third kappa shape index (κ3) is 3.93. The average molecular weight is 335 g/mol. The molecule has 1 N–H and O–H groups in total. The fourth-order valence-electron chi connectivity index (χ4n) is 3.04. The van der Waals surface area contributed by atoms with E-state index in [0.717, 1.165) is 25.7 Å². The second-order valence-electron chi connectivity index (χ2n) is 6.61. The monoisotopic (exact) mass is 335 g/mol. The van der Waals surface area contributed by atoms with Crippen molar-refractivity contribution >= 4 is 11.9 Å². The van der Waals surface area contributed by atoms with Crippen LogP contribution in [0.1, 0.15) is 48.0 Å². The molecular weight excluding hydrogens is 313 g/mol. The summed E-state index contributed by atoms with van der Waals surface area (Å²) in [6.07, 6.45) is 4.36. The first-order chi connectivity index (χ1) is 11.6. The highest BCUT2D eigenvalue weighted by Crippen LogP contribution is 2.29. The van der Waals surface area contributed by atoms with Crippen molar-refractivity contribution in [3.8, 4) is 0 Å². The molecule has 2 fully saturated rings. The number of carbonyl (C=O) groups is 2. The molecule has 1 atom stereocenters. The van der Waals surface area contributed by atoms with Crippen LogP contribution in [0.3, 0.4) is 0 Å². The Morgan fingerprint density at radius 2 is 2.04 bits per heavy atom. The molecule has 0 spiro atoms. The van der Waals surface area contributed by atoms with Gasteiger partial charge in [-0.1, -0.05) is 0 Å². The molecule has 1 amide bonds. The van der Waals surface area contributed by atoms with Gasteiger partial charge in [0, 0.05) is 24.3 Å². The molecule has 130 valence electrons. The van der Waals surface area contributed by atoms with Crippen molar-refractivity contribution in [3.05, 3.63) is 35.1 Å². The van der Waals surface area contributed by atoms with Crippen molar-refractivity contribution in [1.29, 1.82) is 0 Å². The number of carbonyl (C=O) groups excluding carboxylic acids is 1. The number of amides is 1. The van der Waals surface area contributed by atoms with Gasteiger partial charge in [-0.3, -0.25) is 4.79 Å². The first kappa shape index (κ1) is 16.9. The largest absolute Gasteiger partial charge is 0.480 e. The maximum Gasteiger partial charge on any atom is 0.326 e. The Morgan fingerprint density at radius 1 is 1.25 bits per heavy atom. The first-order valence-electron chi connectivity index (χ1n) is 8.46. The summed E-state index contributed by atoms with van der Waals surface area (Å²) >= 11 is 0. The lowest BCUT2D eigenvalue weighted by Gasteiger charge is -2.33. The van der Waals surface area contributed by atoms with Gasteiger partial charge in [0.15, 0.2) is 0 Å². The zero-order valence-electron chi connectivity index (χ0n) is 13.5. The molecule has 1 aliphatic heterocycles. The highest BCUT2D eigenvalue weighted by molar-refractivity contribution is 5.96. The number of hydrogen-bond acceptors (Lipinski definition) is 3. The molecule has 1 saturated heterocycles. The predicted molar refractivity (Wildman–Crippen MR) is 85.1 cm³/mol. The number of rotatable bonds is 6. The van der Waals surface area contributed by atoms with Crippen LogP contribution in [0.5, 0.6) is 0 Å². The molecule has 1 aliphatic carbocycles. The minimum Gasteiger partial charge on any atom is -0.480 e. The number of ether oxygens (including phenoxy) is 1.